The fourth-order valence-corrected chi connectivity index (χ4v) is 4.46. The van der Waals surface area contributed by atoms with Gasteiger partial charge in [0.05, 0.1) is 18.4 Å². The Kier molecular flexibility index (Phi) is 5.16. The lowest BCUT2D eigenvalue weighted by Gasteiger charge is -2.20. The van der Waals surface area contributed by atoms with Crippen LogP contribution in [0.15, 0.2) is 48.8 Å². The molecule has 0 saturated heterocycles. The summed E-state index contributed by atoms with van der Waals surface area (Å²) in [6.07, 6.45) is 5.80. The van der Waals surface area contributed by atoms with Crippen molar-refractivity contribution in [3.63, 3.8) is 0 Å². The lowest BCUT2D eigenvalue weighted by atomic mass is 9.90. The Morgan fingerprint density at radius 3 is 2.61 bits per heavy atom. The number of ether oxygens (including phenoxy) is 1. The number of thiazole rings is 1. The summed E-state index contributed by atoms with van der Waals surface area (Å²) < 4.78 is 4.69. The van der Waals surface area contributed by atoms with Gasteiger partial charge in [-0.2, -0.15) is 0 Å². The Hall–Kier alpha value is -3.06. The van der Waals surface area contributed by atoms with E-state index in [0.717, 1.165) is 29.1 Å². The molecule has 6 nitrogen and oxygen atoms in total. The standard InChI is InChI=1S/C21H19N3O3S/c1-27-21(26)14-2-5-16(6-3-14)23-19(25)15-4-7-17-18(12-15)28-20(24-17)13-8-10-22-11-9-13/h2-3,5-6,8-11,15H,4,7,12H2,1H3,(H,23,25). The van der Waals surface area contributed by atoms with Gasteiger partial charge in [-0.1, -0.05) is 0 Å². The van der Waals surface area contributed by atoms with Gasteiger partial charge in [0, 0.05) is 34.4 Å². The molecule has 2 heterocycles. The van der Waals surface area contributed by atoms with Crippen molar-refractivity contribution in [2.45, 2.75) is 19.3 Å². The Bertz CT molecular complexity index is 999. The van der Waals surface area contributed by atoms with Crippen molar-refractivity contribution in [2.24, 2.45) is 5.92 Å². The van der Waals surface area contributed by atoms with Crippen LogP contribution in [-0.2, 0) is 22.4 Å². The third-order valence-electron chi connectivity index (χ3n) is 4.81. The number of methoxy groups -OCH3 is 1. The maximum Gasteiger partial charge on any atom is 0.337 e. The number of nitrogens with one attached hydrogen (secondary N) is 1. The van der Waals surface area contributed by atoms with Crippen molar-refractivity contribution >= 4 is 28.9 Å². The highest BCUT2D eigenvalue weighted by atomic mass is 32.1. The number of aryl methyl sites for hydroxylation is 1. The van der Waals surface area contributed by atoms with Gasteiger partial charge in [-0.25, -0.2) is 9.78 Å². The number of carbonyl (C=O) groups is 2. The maximum absolute atomic E-state index is 12.7. The van der Waals surface area contributed by atoms with Gasteiger partial charge in [-0.15, -0.1) is 11.3 Å². The topological polar surface area (TPSA) is 81.2 Å². The Morgan fingerprint density at radius 1 is 1.14 bits per heavy atom. The van der Waals surface area contributed by atoms with E-state index < -0.39 is 5.97 Å². The highest BCUT2D eigenvalue weighted by molar-refractivity contribution is 7.15. The molecule has 0 radical (unpaired) electrons. The van der Waals surface area contributed by atoms with Crippen LogP contribution < -0.4 is 5.32 Å². The first-order valence-corrected chi connectivity index (χ1v) is 9.84. The van der Waals surface area contributed by atoms with Crippen molar-refractivity contribution in [1.29, 1.82) is 0 Å². The third-order valence-corrected chi connectivity index (χ3v) is 5.98. The van der Waals surface area contributed by atoms with Gasteiger partial charge in [0.25, 0.3) is 0 Å². The van der Waals surface area contributed by atoms with E-state index in [4.69, 9.17) is 4.98 Å². The first kappa shape index (κ1) is 18.3. The number of anilines is 1. The average molecular weight is 393 g/mol. The van der Waals surface area contributed by atoms with Crippen LogP contribution in [-0.4, -0.2) is 29.0 Å². The summed E-state index contributed by atoms with van der Waals surface area (Å²) in [5.41, 5.74) is 3.28. The second-order valence-electron chi connectivity index (χ2n) is 6.62. The van der Waals surface area contributed by atoms with Gasteiger partial charge in [-0.3, -0.25) is 9.78 Å². The van der Waals surface area contributed by atoms with Crippen LogP contribution in [0.25, 0.3) is 10.6 Å². The molecule has 3 aromatic rings. The molecule has 1 aliphatic rings. The normalized spacial score (nSPS) is 15.5. The lowest BCUT2D eigenvalue weighted by molar-refractivity contribution is -0.120. The molecule has 0 fully saturated rings. The highest BCUT2D eigenvalue weighted by Gasteiger charge is 2.27. The molecule has 0 aliphatic heterocycles. The molecule has 0 bridgehead atoms. The molecule has 1 amide bonds. The zero-order valence-corrected chi connectivity index (χ0v) is 16.2. The van der Waals surface area contributed by atoms with Crippen LogP contribution in [0.3, 0.4) is 0 Å². The molecule has 2 aromatic heterocycles. The Balaban J connectivity index is 1.43. The zero-order valence-electron chi connectivity index (χ0n) is 15.3. The van der Waals surface area contributed by atoms with E-state index in [9.17, 15) is 9.59 Å². The predicted octanol–water partition coefficient (Wildman–Crippen LogP) is 3.74. The predicted molar refractivity (Wildman–Crippen MR) is 107 cm³/mol. The van der Waals surface area contributed by atoms with Crippen LogP contribution in [0.1, 0.15) is 27.3 Å². The molecular weight excluding hydrogens is 374 g/mol. The van der Waals surface area contributed by atoms with E-state index in [0.29, 0.717) is 17.7 Å². The number of hydrogen-bond donors (Lipinski definition) is 1. The summed E-state index contributed by atoms with van der Waals surface area (Å²) in [5, 5.41) is 3.93. The molecule has 1 atom stereocenters. The van der Waals surface area contributed by atoms with Crippen LogP contribution in [0, 0.1) is 5.92 Å². The van der Waals surface area contributed by atoms with Gasteiger partial charge >= 0.3 is 5.97 Å². The van der Waals surface area contributed by atoms with E-state index >= 15 is 0 Å². The summed E-state index contributed by atoms with van der Waals surface area (Å²) in [6, 6.07) is 10.6. The lowest BCUT2D eigenvalue weighted by Crippen LogP contribution is -2.27. The number of benzene rings is 1. The summed E-state index contributed by atoms with van der Waals surface area (Å²) in [4.78, 5) is 34.2. The van der Waals surface area contributed by atoms with Crippen molar-refractivity contribution in [3.05, 3.63) is 64.9 Å². The van der Waals surface area contributed by atoms with Crippen LogP contribution in [0.4, 0.5) is 5.69 Å². The molecule has 0 saturated carbocycles. The molecule has 4 rings (SSSR count). The summed E-state index contributed by atoms with van der Waals surface area (Å²) in [6.45, 7) is 0. The van der Waals surface area contributed by atoms with E-state index in [1.165, 1.54) is 12.0 Å². The quantitative estimate of drug-likeness (QED) is 0.683. The summed E-state index contributed by atoms with van der Waals surface area (Å²) in [7, 11) is 1.34. The molecular formula is C21H19N3O3S. The van der Waals surface area contributed by atoms with Crippen molar-refractivity contribution < 1.29 is 14.3 Å². The number of amides is 1. The molecule has 142 valence electrons. The van der Waals surface area contributed by atoms with Crippen molar-refractivity contribution in [1.82, 2.24) is 9.97 Å². The molecule has 1 N–H and O–H groups in total. The highest BCUT2D eigenvalue weighted by Crippen LogP contribution is 2.34. The van der Waals surface area contributed by atoms with E-state index in [2.05, 4.69) is 15.0 Å². The minimum atomic E-state index is -0.395. The maximum atomic E-state index is 12.7. The van der Waals surface area contributed by atoms with Crippen molar-refractivity contribution in [3.8, 4) is 10.6 Å². The average Bonchev–Trinajstić information content (AvgIpc) is 3.18. The second kappa shape index (κ2) is 7.90. The molecule has 1 aromatic carbocycles. The number of hydrogen-bond acceptors (Lipinski definition) is 6. The largest absolute Gasteiger partial charge is 0.465 e. The van der Waals surface area contributed by atoms with Gasteiger partial charge in [0.1, 0.15) is 5.01 Å². The van der Waals surface area contributed by atoms with Crippen LogP contribution in [0.5, 0.6) is 0 Å². The summed E-state index contributed by atoms with van der Waals surface area (Å²) >= 11 is 1.65. The van der Waals surface area contributed by atoms with Crippen molar-refractivity contribution in [2.75, 3.05) is 12.4 Å². The van der Waals surface area contributed by atoms with E-state index in [1.54, 1.807) is 48.0 Å². The van der Waals surface area contributed by atoms with Crippen LogP contribution in [0.2, 0.25) is 0 Å². The van der Waals surface area contributed by atoms with Gasteiger partial charge < -0.3 is 10.1 Å². The second-order valence-corrected chi connectivity index (χ2v) is 7.71. The summed E-state index contributed by atoms with van der Waals surface area (Å²) in [5.74, 6) is -0.485. The van der Waals surface area contributed by atoms with E-state index in [1.807, 2.05) is 12.1 Å². The van der Waals surface area contributed by atoms with Gasteiger partial charge in [0.2, 0.25) is 5.91 Å². The first-order valence-electron chi connectivity index (χ1n) is 9.02. The SMILES string of the molecule is COC(=O)c1ccc(NC(=O)C2CCc3nc(-c4ccncc4)sc3C2)cc1. The van der Waals surface area contributed by atoms with E-state index in [-0.39, 0.29) is 11.8 Å². The number of carbonyl (C=O) groups excluding carboxylic acids is 2. The monoisotopic (exact) mass is 393 g/mol. The number of fused-ring (bicyclic) bond motifs is 1. The van der Waals surface area contributed by atoms with Gasteiger partial charge in [-0.05, 0) is 55.7 Å². The minimum Gasteiger partial charge on any atom is -0.465 e. The third kappa shape index (κ3) is 3.80. The molecule has 0 spiro atoms. The molecule has 28 heavy (non-hydrogen) atoms. The Morgan fingerprint density at radius 2 is 1.89 bits per heavy atom. The zero-order chi connectivity index (χ0) is 19.5. The Labute approximate surface area is 166 Å². The van der Waals surface area contributed by atoms with Gasteiger partial charge in [0.15, 0.2) is 0 Å². The molecule has 1 unspecified atom stereocenters. The fraction of sp³-hybridized carbons (Fsp3) is 0.238. The minimum absolute atomic E-state index is 0.00432. The smallest absolute Gasteiger partial charge is 0.337 e. The number of rotatable bonds is 4. The van der Waals surface area contributed by atoms with Crippen LogP contribution >= 0.6 is 11.3 Å². The molecule has 7 heteroatoms. The fourth-order valence-electron chi connectivity index (χ4n) is 3.27. The number of pyridine rings is 1. The first-order chi connectivity index (χ1) is 13.6. The number of esters is 1. The number of nitrogens with zero attached hydrogens (tertiary/aromatic N) is 2. The molecule has 1 aliphatic carbocycles. The number of aromatic nitrogens is 2.